The molecule has 0 bridgehead atoms. The smallest absolute Gasteiger partial charge is 0.194 e. The van der Waals surface area contributed by atoms with Crippen molar-refractivity contribution in [3.8, 4) is 0 Å². The Morgan fingerprint density at radius 3 is 2.79 bits per heavy atom. The Morgan fingerprint density at radius 1 is 1.16 bits per heavy atom. The number of hydrogen-bond acceptors (Lipinski definition) is 2. The van der Waals surface area contributed by atoms with Crippen LogP contribution in [-0.2, 0) is 0 Å². The van der Waals surface area contributed by atoms with E-state index in [0.717, 1.165) is 29.6 Å². The van der Waals surface area contributed by atoms with Crippen molar-refractivity contribution in [3.05, 3.63) is 30.3 Å². The molecule has 0 radical (unpaired) electrons. The number of carbonyl (C=O) groups excluding carboxylic acids is 1. The summed E-state index contributed by atoms with van der Waals surface area (Å²) < 4.78 is 3.45. The second-order valence-corrected chi connectivity index (χ2v) is 5.42. The zero-order valence-corrected chi connectivity index (χ0v) is 10.7. The van der Waals surface area contributed by atoms with Crippen molar-refractivity contribution in [2.24, 2.45) is 5.11 Å². The van der Waals surface area contributed by atoms with Crippen LogP contribution in [0.3, 0.4) is 0 Å². The molecule has 1 amide bonds. The van der Waals surface area contributed by atoms with Gasteiger partial charge in [-0.3, -0.25) is 0 Å². The van der Waals surface area contributed by atoms with E-state index in [1.165, 1.54) is 19.3 Å². The van der Waals surface area contributed by atoms with E-state index in [4.69, 9.17) is 0 Å². The van der Waals surface area contributed by atoms with Gasteiger partial charge in [-0.1, -0.05) is 29.3 Å². The molecular formula is C15H16N3O+. The van der Waals surface area contributed by atoms with Gasteiger partial charge in [-0.2, -0.15) is 4.79 Å². The Bertz CT molecular complexity index is 692. The first kappa shape index (κ1) is 10.9. The van der Waals surface area contributed by atoms with E-state index in [1.807, 2.05) is 30.3 Å². The summed E-state index contributed by atoms with van der Waals surface area (Å²) in [5.74, 6) is 0.775. The molecule has 96 valence electrons. The number of para-hydroxylation sites is 1. The molecule has 0 atom stereocenters. The maximum absolute atomic E-state index is 12.6. The number of hydrogen-bond donors (Lipinski definition) is 0. The minimum Gasteiger partial charge on any atom is -0.194 e. The van der Waals surface area contributed by atoms with Crippen LogP contribution in [0, 0.1) is 0 Å². The van der Waals surface area contributed by atoms with Crippen molar-refractivity contribution in [2.45, 2.75) is 38.1 Å². The number of rotatable bonds is 1. The number of nitrogens with zero attached hydrogens (tertiary/aromatic N) is 3. The highest BCUT2D eigenvalue weighted by Crippen LogP contribution is 2.32. The molecule has 4 nitrogen and oxygen atoms in total. The average molecular weight is 254 g/mol. The van der Waals surface area contributed by atoms with E-state index >= 15 is 0 Å². The van der Waals surface area contributed by atoms with E-state index < -0.39 is 0 Å². The lowest BCUT2D eigenvalue weighted by Crippen LogP contribution is -2.31. The Kier molecular flexibility index (Phi) is 2.31. The Morgan fingerprint density at radius 2 is 1.95 bits per heavy atom. The molecule has 0 N–H and O–H groups in total. The average Bonchev–Trinajstić information content (AvgIpc) is 2.97. The summed E-state index contributed by atoms with van der Waals surface area (Å²) in [6, 6.07) is 10.3. The lowest BCUT2D eigenvalue weighted by atomic mass is 9.95. The molecule has 2 aromatic rings. The zero-order valence-electron chi connectivity index (χ0n) is 10.7. The predicted octanol–water partition coefficient (Wildman–Crippen LogP) is 4.05. The van der Waals surface area contributed by atoms with E-state index in [2.05, 4.69) is 5.11 Å². The molecule has 0 unspecified atom stereocenters. The molecule has 19 heavy (non-hydrogen) atoms. The summed E-state index contributed by atoms with van der Waals surface area (Å²) >= 11 is 0. The molecule has 1 aromatic carbocycles. The summed E-state index contributed by atoms with van der Waals surface area (Å²) in [6.45, 7) is 0. The van der Waals surface area contributed by atoms with Crippen LogP contribution in [0.4, 0.5) is 10.6 Å². The van der Waals surface area contributed by atoms with Crippen molar-refractivity contribution in [2.75, 3.05) is 0 Å². The van der Waals surface area contributed by atoms with Crippen molar-refractivity contribution in [1.82, 2.24) is 4.57 Å². The van der Waals surface area contributed by atoms with Gasteiger partial charge in [-0.25, -0.2) is 0 Å². The first-order valence-corrected chi connectivity index (χ1v) is 7.00. The second-order valence-electron chi connectivity index (χ2n) is 5.42. The molecular weight excluding hydrogens is 238 g/mol. The van der Waals surface area contributed by atoms with Crippen LogP contribution >= 0.6 is 0 Å². The van der Waals surface area contributed by atoms with Crippen LogP contribution in [0.25, 0.3) is 10.9 Å². The van der Waals surface area contributed by atoms with Gasteiger partial charge >= 0.3 is 6.03 Å². The van der Waals surface area contributed by atoms with Crippen LogP contribution in [0.15, 0.2) is 35.4 Å². The first-order chi connectivity index (χ1) is 9.34. The topological polar surface area (TPSA) is 37.4 Å². The fraction of sp³-hybridized carbons (Fsp3) is 0.400. The van der Waals surface area contributed by atoms with Gasteiger partial charge in [0, 0.05) is 11.5 Å². The fourth-order valence-electron chi connectivity index (χ4n) is 3.23. The summed E-state index contributed by atoms with van der Waals surface area (Å²) in [7, 11) is 0. The van der Waals surface area contributed by atoms with Crippen molar-refractivity contribution in [3.63, 3.8) is 0 Å². The van der Waals surface area contributed by atoms with Crippen molar-refractivity contribution in [1.29, 1.82) is 0 Å². The lowest BCUT2D eigenvalue weighted by molar-refractivity contribution is -0.532. The molecule has 2 heterocycles. The number of aromatic nitrogens is 1. The van der Waals surface area contributed by atoms with Crippen LogP contribution in [0.2, 0.25) is 0 Å². The number of fused-ring (bicyclic) bond motifs is 3. The first-order valence-electron chi connectivity index (χ1n) is 7.00. The van der Waals surface area contributed by atoms with Crippen LogP contribution in [-0.4, -0.2) is 21.3 Å². The van der Waals surface area contributed by atoms with Crippen molar-refractivity contribution >= 4 is 22.8 Å². The molecule has 1 aliphatic carbocycles. The van der Waals surface area contributed by atoms with E-state index in [1.54, 1.807) is 9.26 Å². The van der Waals surface area contributed by atoms with Gasteiger partial charge in [-0.15, -0.1) is 4.57 Å². The molecule has 1 saturated carbocycles. The Labute approximate surface area is 111 Å². The highest BCUT2D eigenvalue weighted by atomic mass is 16.2. The second kappa shape index (κ2) is 4.02. The maximum Gasteiger partial charge on any atom is 0.526 e. The van der Waals surface area contributed by atoms with Gasteiger partial charge in [0.1, 0.15) is 11.6 Å². The number of benzene rings is 1. The minimum atomic E-state index is 0.0168. The van der Waals surface area contributed by atoms with E-state index in [-0.39, 0.29) is 6.03 Å². The van der Waals surface area contributed by atoms with Crippen LogP contribution < -0.4 is 0 Å². The van der Waals surface area contributed by atoms with Gasteiger partial charge in [-0.05, 0) is 36.9 Å². The highest BCUT2D eigenvalue weighted by molar-refractivity contribution is 5.94. The van der Waals surface area contributed by atoms with Gasteiger partial charge in [0.05, 0.1) is 0 Å². The third kappa shape index (κ3) is 1.56. The number of carbonyl (C=O) groups is 1. The van der Waals surface area contributed by atoms with Crippen LogP contribution in [0.5, 0.6) is 0 Å². The molecule has 1 aromatic heterocycles. The molecule has 0 saturated heterocycles. The van der Waals surface area contributed by atoms with E-state index in [9.17, 15) is 4.79 Å². The largest absolute Gasteiger partial charge is 0.526 e. The Hall–Kier alpha value is -1.97. The lowest BCUT2D eigenvalue weighted by Gasteiger charge is -2.17. The normalized spacial score (nSPS) is 19.8. The molecule has 0 spiro atoms. The quantitative estimate of drug-likeness (QED) is 0.707. The van der Waals surface area contributed by atoms with E-state index in [0.29, 0.717) is 6.04 Å². The minimum absolute atomic E-state index is 0.0168. The van der Waals surface area contributed by atoms with Gasteiger partial charge in [0.25, 0.3) is 5.82 Å². The van der Waals surface area contributed by atoms with Gasteiger partial charge in [0.2, 0.25) is 0 Å². The molecule has 1 fully saturated rings. The van der Waals surface area contributed by atoms with Gasteiger partial charge < -0.3 is 0 Å². The third-order valence-corrected chi connectivity index (χ3v) is 4.21. The summed E-state index contributed by atoms with van der Waals surface area (Å²) in [4.78, 5) is 12.6. The van der Waals surface area contributed by atoms with Crippen LogP contribution in [0.1, 0.15) is 32.1 Å². The summed E-state index contributed by atoms with van der Waals surface area (Å²) in [5.41, 5.74) is 0.963. The summed E-state index contributed by atoms with van der Waals surface area (Å²) in [5, 5.41) is 5.62. The van der Waals surface area contributed by atoms with Gasteiger partial charge in [0.15, 0.2) is 0 Å². The molecule has 2 aliphatic rings. The molecule has 1 aliphatic heterocycles. The summed E-state index contributed by atoms with van der Waals surface area (Å²) in [6.07, 6.45) is 5.86. The molecule has 4 heteroatoms. The number of azo groups is 2. The number of amides is 1. The predicted molar refractivity (Wildman–Crippen MR) is 72.0 cm³/mol. The maximum atomic E-state index is 12.6. The van der Waals surface area contributed by atoms with Crippen molar-refractivity contribution < 1.29 is 9.49 Å². The molecule has 4 rings (SSSR count). The SMILES string of the molecule is O=C1n2c(cc3ccccc32)N=[N+]1C1CCCCC1. The highest BCUT2D eigenvalue weighted by Gasteiger charge is 2.39. The Balaban J connectivity index is 1.79. The fourth-order valence-corrected chi connectivity index (χ4v) is 3.23. The third-order valence-electron chi connectivity index (χ3n) is 4.21. The monoisotopic (exact) mass is 254 g/mol. The zero-order chi connectivity index (χ0) is 12.8. The standard InChI is InChI=1S/C15H16N3O/c19-15-17-13-9-5-4-6-11(13)10-14(17)16-18(15)12-7-2-1-3-8-12/h4-6,9-10,12H,1-3,7-8H2/q+1.